The van der Waals surface area contributed by atoms with E-state index in [4.69, 9.17) is 0 Å². The van der Waals surface area contributed by atoms with Gasteiger partial charge in [-0.2, -0.15) is 0 Å². The lowest BCUT2D eigenvalue weighted by atomic mass is 10.0. The summed E-state index contributed by atoms with van der Waals surface area (Å²) < 4.78 is 2.33. The molecule has 0 spiro atoms. The predicted octanol–water partition coefficient (Wildman–Crippen LogP) is 7.02. The van der Waals surface area contributed by atoms with E-state index in [1.54, 1.807) is 0 Å². The lowest BCUT2D eigenvalue weighted by molar-refractivity contribution is -0.697. The molecule has 1 rings (SSSR count). The summed E-state index contributed by atoms with van der Waals surface area (Å²) in [5.74, 6) is 0. The zero-order chi connectivity index (χ0) is 17.3. The standard InChI is InChI=1S/C23H42N/c1-3-5-6-7-8-9-10-11-12-13-14-15-16-17-20-24-21-18-23(4-2)19-22-24/h18-19,21-22H,3-17,20H2,1-2H3/q+1. The zero-order valence-electron chi connectivity index (χ0n) is 16.6. The van der Waals surface area contributed by atoms with Gasteiger partial charge in [-0.3, -0.25) is 0 Å². The summed E-state index contributed by atoms with van der Waals surface area (Å²) in [4.78, 5) is 0. The van der Waals surface area contributed by atoms with Crippen molar-refractivity contribution in [3.05, 3.63) is 30.1 Å². The Balaban J connectivity index is 1.80. The highest BCUT2D eigenvalue weighted by molar-refractivity contribution is 5.06. The summed E-state index contributed by atoms with van der Waals surface area (Å²) in [6, 6.07) is 4.51. The van der Waals surface area contributed by atoms with Gasteiger partial charge < -0.3 is 0 Å². The number of unbranched alkanes of at least 4 members (excludes halogenated alkanes) is 13. The fourth-order valence-corrected chi connectivity index (χ4v) is 3.36. The van der Waals surface area contributed by atoms with Crippen molar-refractivity contribution < 1.29 is 4.57 Å². The molecule has 1 aromatic rings. The maximum atomic E-state index is 2.33. The number of rotatable bonds is 16. The summed E-state index contributed by atoms with van der Waals surface area (Å²) in [6.07, 6.45) is 25.7. The molecule has 0 saturated heterocycles. The van der Waals surface area contributed by atoms with Crippen LogP contribution >= 0.6 is 0 Å². The highest BCUT2D eigenvalue weighted by Gasteiger charge is 2.00. The lowest BCUT2D eigenvalue weighted by Gasteiger charge is -2.03. The van der Waals surface area contributed by atoms with E-state index >= 15 is 0 Å². The van der Waals surface area contributed by atoms with Crippen LogP contribution in [0.1, 0.15) is 109 Å². The smallest absolute Gasteiger partial charge is 0.169 e. The third kappa shape index (κ3) is 11.6. The minimum absolute atomic E-state index is 1.14. The zero-order valence-corrected chi connectivity index (χ0v) is 16.6. The second-order valence-corrected chi connectivity index (χ2v) is 7.39. The number of aryl methyl sites for hydroxylation is 2. The van der Waals surface area contributed by atoms with Crippen molar-refractivity contribution in [2.75, 3.05) is 0 Å². The SMILES string of the molecule is CCCCCCCCCCCCCCCC[n+]1ccc(CC)cc1. The van der Waals surface area contributed by atoms with Crippen LogP contribution in [0.3, 0.4) is 0 Å². The van der Waals surface area contributed by atoms with Crippen LogP contribution in [0.25, 0.3) is 0 Å². The van der Waals surface area contributed by atoms with Crippen molar-refractivity contribution in [3.8, 4) is 0 Å². The van der Waals surface area contributed by atoms with Crippen LogP contribution < -0.4 is 4.57 Å². The first-order chi connectivity index (χ1) is 11.9. The van der Waals surface area contributed by atoms with Crippen molar-refractivity contribution >= 4 is 0 Å². The molecule has 138 valence electrons. The average Bonchev–Trinajstić information content (AvgIpc) is 2.62. The van der Waals surface area contributed by atoms with Gasteiger partial charge in [0.2, 0.25) is 0 Å². The Kier molecular flexibility index (Phi) is 13.8. The molecular weight excluding hydrogens is 290 g/mol. The van der Waals surface area contributed by atoms with Crippen LogP contribution in [0, 0.1) is 0 Å². The molecule has 0 amide bonds. The number of hydrogen-bond donors (Lipinski definition) is 0. The Bertz CT molecular complexity index is 368. The molecule has 0 unspecified atom stereocenters. The van der Waals surface area contributed by atoms with Crippen LogP contribution in [-0.4, -0.2) is 0 Å². The van der Waals surface area contributed by atoms with Crippen LogP contribution in [0.2, 0.25) is 0 Å². The molecule has 1 heteroatoms. The van der Waals surface area contributed by atoms with Crippen LogP contribution in [0.15, 0.2) is 24.5 Å². The van der Waals surface area contributed by atoms with Gasteiger partial charge in [0.1, 0.15) is 6.54 Å². The largest absolute Gasteiger partial charge is 0.205 e. The average molecular weight is 333 g/mol. The molecule has 0 radical (unpaired) electrons. The molecule has 0 bridgehead atoms. The molecule has 1 nitrogen and oxygen atoms in total. The van der Waals surface area contributed by atoms with E-state index < -0.39 is 0 Å². The molecule has 0 N–H and O–H groups in total. The van der Waals surface area contributed by atoms with Gasteiger partial charge in [0, 0.05) is 18.6 Å². The van der Waals surface area contributed by atoms with Gasteiger partial charge in [-0.25, -0.2) is 4.57 Å². The molecule has 0 aromatic carbocycles. The van der Waals surface area contributed by atoms with Gasteiger partial charge in [-0.05, 0) is 18.4 Å². The van der Waals surface area contributed by atoms with Crippen molar-refractivity contribution in [3.63, 3.8) is 0 Å². The fourth-order valence-electron chi connectivity index (χ4n) is 3.36. The Labute approximate surface area is 151 Å². The Morgan fingerprint density at radius 2 is 1.00 bits per heavy atom. The van der Waals surface area contributed by atoms with E-state index in [9.17, 15) is 0 Å². The molecule has 0 saturated carbocycles. The third-order valence-corrected chi connectivity index (χ3v) is 5.14. The number of hydrogen-bond acceptors (Lipinski definition) is 0. The van der Waals surface area contributed by atoms with Crippen LogP contribution in [0.5, 0.6) is 0 Å². The monoisotopic (exact) mass is 332 g/mol. The molecule has 1 heterocycles. The number of aromatic nitrogens is 1. The number of nitrogens with zero attached hydrogens (tertiary/aromatic N) is 1. The first kappa shape index (κ1) is 21.2. The van der Waals surface area contributed by atoms with E-state index in [-0.39, 0.29) is 0 Å². The van der Waals surface area contributed by atoms with Gasteiger partial charge in [0.25, 0.3) is 0 Å². The van der Waals surface area contributed by atoms with Crippen molar-refractivity contribution in [1.29, 1.82) is 0 Å². The molecule has 0 aliphatic heterocycles. The van der Waals surface area contributed by atoms with Crippen molar-refractivity contribution in [2.24, 2.45) is 0 Å². The quantitative estimate of drug-likeness (QED) is 0.226. The lowest BCUT2D eigenvalue weighted by Crippen LogP contribution is -2.32. The molecule has 0 aliphatic rings. The minimum Gasteiger partial charge on any atom is -0.205 e. The fraction of sp³-hybridized carbons (Fsp3) is 0.783. The van der Waals surface area contributed by atoms with E-state index in [0.717, 1.165) is 6.42 Å². The van der Waals surface area contributed by atoms with Gasteiger partial charge in [0.15, 0.2) is 12.4 Å². The van der Waals surface area contributed by atoms with Gasteiger partial charge >= 0.3 is 0 Å². The second kappa shape index (κ2) is 15.7. The Morgan fingerprint density at radius 3 is 1.42 bits per heavy atom. The first-order valence-corrected chi connectivity index (χ1v) is 10.8. The second-order valence-electron chi connectivity index (χ2n) is 7.39. The highest BCUT2D eigenvalue weighted by Crippen LogP contribution is 2.12. The summed E-state index contributed by atoms with van der Waals surface area (Å²) in [5, 5.41) is 0. The third-order valence-electron chi connectivity index (χ3n) is 5.14. The number of pyridine rings is 1. The van der Waals surface area contributed by atoms with Crippen LogP contribution in [0.4, 0.5) is 0 Å². The molecular formula is C23H42N+. The van der Waals surface area contributed by atoms with E-state index in [0.29, 0.717) is 0 Å². The van der Waals surface area contributed by atoms with E-state index in [1.165, 1.54) is 102 Å². The summed E-state index contributed by atoms with van der Waals surface area (Å²) >= 11 is 0. The van der Waals surface area contributed by atoms with E-state index in [2.05, 4.69) is 42.9 Å². The van der Waals surface area contributed by atoms with Crippen LogP contribution in [-0.2, 0) is 13.0 Å². The van der Waals surface area contributed by atoms with Gasteiger partial charge in [-0.1, -0.05) is 90.9 Å². The first-order valence-electron chi connectivity index (χ1n) is 10.8. The Morgan fingerprint density at radius 1 is 0.583 bits per heavy atom. The van der Waals surface area contributed by atoms with Crippen molar-refractivity contribution in [1.82, 2.24) is 0 Å². The topological polar surface area (TPSA) is 3.88 Å². The molecule has 0 aliphatic carbocycles. The summed E-state index contributed by atoms with van der Waals surface area (Å²) in [7, 11) is 0. The van der Waals surface area contributed by atoms with Gasteiger partial charge in [0.05, 0.1) is 0 Å². The molecule has 0 fully saturated rings. The van der Waals surface area contributed by atoms with Gasteiger partial charge in [-0.15, -0.1) is 0 Å². The van der Waals surface area contributed by atoms with Crippen molar-refractivity contribution in [2.45, 2.75) is 117 Å². The summed E-state index contributed by atoms with van der Waals surface area (Å²) in [6.45, 7) is 5.69. The van der Waals surface area contributed by atoms with E-state index in [1.807, 2.05) is 0 Å². The maximum absolute atomic E-state index is 2.33. The summed E-state index contributed by atoms with van der Waals surface area (Å²) in [5.41, 5.74) is 1.44. The normalized spacial score (nSPS) is 11.1. The molecule has 24 heavy (non-hydrogen) atoms. The Hall–Kier alpha value is -0.850. The highest BCUT2D eigenvalue weighted by atomic mass is 14.9. The predicted molar refractivity (Wildman–Crippen MR) is 106 cm³/mol. The maximum Gasteiger partial charge on any atom is 0.169 e. The minimum atomic E-state index is 1.14. The molecule has 0 atom stereocenters. The molecule has 1 aromatic heterocycles.